The Labute approximate surface area is 158 Å². The molecule has 2 N–H and O–H groups in total. The second-order valence-corrected chi connectivity index (χ2v) is 6.37. The van der Waals surface area contributed by atoms with E-state index < -0.39 is 0 Å². The molecule has 138 valence electrons. The number of halogens is 1. The molecule has 0 saturated carbocycles. The van der Waals surface area contributed by atoms with Gasteiger partial charge in [-0.3, -0.25) is 14.5 Å². The van der Waals surface area contributed by atoms with Crippen LogP contribution < -0.4 is 15.4 Å². The van der Waals surface area contributed by atoms with Crippen LogP contribution in [0.2, 0.25) is 5.02 Å². The summed E-state index contributed by atoms with van der Waals surface area (Å²) in [5.41, 5.74) is 2.24. The normalized spacial score (nSPS) is 10.5. The molecule has 0 aliphatic carbocycles. The average Bonchev–Trinajstić information content (AvgIpc) is 2.58. The molecule has 0 spiro atoms. The molecule has 0 heterocycles. The lowest BCUT2D eigenvalue weighted by Gasteiger charge is -2.16. The number of nitrogens with zero attached hydrogens (tertiary/aromatic N) is 1. The summed E-state index contributed by atoms with van der Waals surface area (Å²) in [5, 5.41) is 6.13. The van der Waals surface area contributed by atoms with Gasteiger partial charge < -0.3 is 15.4 Å². The molecule has 0 radical (unpaired) electrons. The molecule has 0 aliphatic rings. The van der Waals surface area contributed by atoms with Crippen LogP contribution in [0.25, 0.3) is 0 Å². The Kier molecular flexibility index (Phi) is 7.00. The van der Waals surface area contributed by atoms with E-state index in [2.05, 4.69) is 10.6 Å². The minimum Gasteiger partial charge on any atom is -0.497 e. The molecule has 0 bridgehead atoms. The molecule has 0 aromatic heterocycles. The van der Waals surface area contributed by atoms with Crippen LogP contribution in [0.3, 0.4) is 0 Å². The van der Waals surface area contributed by atoms with Gasteiger partial charge in [0.2, 0.25) is 11.8 Å². The third kappa shape index (κ3) is 6.06. The van der Waals surface area contributed by atoms with E-state index in [1.807, 2.05) is 13.0 Å². The first-order chi connectivity index (χ1) is 12.4. The number of aryl methyl sites for hydroxylation is 1. The van der Waals surface area contributed by atoms with Crippen LogP contribution in [0.15, 0.2) is 42.5 Å². The third-order valence-electron chi connectivity index (χ3n) is 3.66. The maximum Gasteiger partial charge on any atom is 0.238 e. The monoisotopic (exact) mass is 375 g/mol. The Morgan fingerprint density at radius 3 is 2.08 bits per heavy atom. The lowest BCUT2D eigenvalue weighted by atomic mass is 10.2. The van der Waals surface area contributed by atoms with Crippen molar-refractivity contribution in [3.05, 3.63) is 53.1 Å². The molecule has 0 fully saturated rings. The standard InChI is InChI=1S/C19H22ClN3O3/c1-13-4-5-15(10-17(13)20)22-19(25)12-23(2)11-18(24)21-14-6-8-16(26-3)9-7-14/h4-10H,11-12H2,1-3H3,(H,21,24)(H,22,25). The van der Waals surface area contributed by atoms with Crippen LogP contribution in [0, 0.1) is 6.92 Å². The number of rotatable bonds is 7. The number of nitrogens with one attached hydrogen (secondary N) is 2. The molecule has 7 heteroatoms. The van der Waals surface area contributed by atoms with Gasteiger partial charge in [0.25, 0.3) is 0 Å². The summed E-state index contributed by atoms with van der Waals surface area (Å²) in [6.45, 7) is 2.07. The number of hydrogen-bond acceptors (Lipinski definition) is 4. The number of ether oxygens (including phenoxy) is 1. The van der Waals surface area contributed by atoms with E-state index in [-0.39, 0.29) is 24.9 Å². The number of carbonyl (C=O) groups is 2. The minimum atomic E-state index is -0.218. The number of methoxy groups -OCH3 is 1. The quantitative estimate of drug-likeness (QED) is 0.779. The van der Waals surface area contributed by atoms with Crippen LogP contribution in [0.4, 0.5) is 11.4 Å². The zero-order valence-corrected chi connectivity index (χ0v) is 15.8. The topological polar surface area (TPSA) is 70.7 Å². The molecule has 2 aromatic rings. The van der Waals surface area contributed by atoms with E-state index in [1.54, 1.807) is 55.5 Å². The average molecular weight is 376 g/mol. The second-order valence-electron chi connectivity index (χ2n) is 5.96. The van der Waals surface area contributed by atoms with Crippen LogP contribution in [0.5, 0.6) is 5.75 Å². The molecule has 26 heavy (non-hydrogen) atoms. The highest BCUT2D eigenvalue weighted by molar-refractivity contribution is 6.31. The summed E-state index contributed by atoms with van der Waals surface area (Å²) in [6, 6.07) is 12.4. The van der Waals surface area contributed by atoms with Crippen LogP contribution in [0.1, 0.15) is 5.56 Å². The first-order valence-corrected chi connectivity index (χ1v) is 8.43. The van der Waals surface area contributed by atoms with Crippen molar-refractivity contribution in [3.63, 3.8) is 0 Å². The molecule has 2 aromatic carbocycles. The van der Waals surface area contributed by atoms with Gasteiger partial charge in [-0.15, -0.1) is 0 Å². The van der Waals surface area contributed by atoms with E-state index in [4.69, 9.17) is 16.3 Å². The van der Waals surface area contributed by atoms with E-state index in [0.717, 1.165) is 5.56 Å². The van der Waals surface area contributed by atoms with E-state index >= 15 is 0 Å². The number of benzene rings is 2. The number of likely N-dealkylation sites (N-methyl/N-ethyl adjacent to an activating group) is 1. The van der Waals surface area contributed by atoms with Crippen molar-refractivity contribution in [2.75, 3.05) is 37.9 Å². The maximum absolute atomic E-state index is 12.1. The molecule has 0 unspecified atom stereocenters. The lowest BCUT2D eigenvalue weighted by molar-refractivity contribution is -0.119. The molecular weight excluding hydrogens is 354 g/mol. The fourth-order valence-corrected chi connectivity index (χ4v) is 2.47. The number of hydrogen-bond donors (Lipinski definition) is 2. The molecule has 2 rings (SSSR count). The SMILES string of the molecule is COc1ccc(NC(=O)CN(C)CC(=O)Nc2ccc(C)c(Cl)c2)cc1. The Morgan fingerprint density at radius 1 is 1.00 bits per heavy atom. The van der Waals surface area contributed by atoms with Crippen LogP contribution in [-0.4, -0.2) is 44.0 Å². The van der Waals surface area contributed by atoms with Crippen molar-refractivity contribution in [1.82, 2.24) is 4.90 Å². The molecule has 2 amide bonds. The number of amides is 2. The fourth-order valence-electron chi connectivity index (χ4n) is 2.29. The molecular formula is C19H22ClN3O3. The van der Waals surface area contributed by atoms with Gasteiger partial charge in [0, 0.05) is 16.4 Å². The highest BCUT2D eigenvalue weighted by Crippen LogP contribution is 2.20. The Hall–Kier alpha value is -2.57. The third-order valence-corrected chi connectivity index (χ3v) is 4.06. The van der Waals surface area contributed by atoms with E-state index in [1.165, 1.54) is 0 Å². The summed E-state index contributed by atoms with van der Waals surface area (Å²) < 4.78 is 5.07. The molecule has 0 atom stereocenters. The lowest BCUT2D eigenvalue weighted by Crippen LogP contribution is -2.36. The number of carbonyl (C=O) groups excluding carboxylic acids is 2. The minimum absolute atomic E-state index is 0.0848. The summed E-state index contributed by atoms with van der Waals surface area (Å²) >= 11 is 6.05. The van der Waals surface area contributed by atoms with E-state index in [0.29, 0.717) is 22.1 Å². The van der Waals surface area contributed by atoms with Crippen molar-refractivity contribution in [1.29, 1.82) is 0 Å². The highest BCUT2D eigenvalue weighted by Gasteiger charge is 2.11. The van der Waals surface area contributed by atoms with Gasteiger partial charge in [-0.25, -0.2) is 0 Å². The fraction of sp³-hybridized carbons (Fsp3) is 0.263. The van der Waals surface area contributed by atoms with Gasteiger partial charge in [0.05, 0.1) is 20.2 Å². The maximum atomic E-state index is 12.1. The summed E-state index contributed by atoms with van der Waals surface area (Å²) in [7, 11) is 3.29. The van der Waals surface area contributed by atoms with Crippen molar-refractivity contribution in [3.8, 4) is 5.75 Å². The van der Waals surface area contributed by atoms with Crippen LogP contribution in [-0.2, 0) is 9.59 Å². The predicted molar refractivity (Wildman–Crippen MR) is 104 cm³/mol. The van der Waals surface area contributed by atoms with Gasteiger partial charge in [-0.2, -0.15) is 0 Å². The molecule has 6 nitrogen and oxygen atoms in total. The van der Waals surface area contributed by atoms with Gasteiger partial charge in [0.1, 0.15) is 5.75 Å². The van der Waals surface area contributed by atoms with Gasteiger partial charge in [-0.05, 0) is 55.9 Å². The van der Waals surface area contributed by atoms with Crippen molar-refractivity contribution in [2.45, 2.75) is 6.92 Å². The number of anilines is 2. The smallest absolute Gasteiger partial charge is 0.238 e. The van der Waals surface area contributed by atoms with Gasteiger partial charge >= 0.3 is 0 Å². The van der Waals surface area contributed by atoms with Gasteiger partial charge in [-0.1, -0.05) is 17.7 Å². The van der Waals surface area contributed by atoms with E-state index in [9.17, 15) is 9.59 Å². The zero-order valence-electron chi connectivity index (χ0n) is 15.0. The highest BCUT2D eigenvalue weighted by atomic mass is 35.5. The Morgan fingerprint density at radius 2 is 1.54 bits per heavy atom. The first kappa shape index (κ1) is 19.8. The zero-order chi connectivity index (χ0) is 19.1. The largest absolute Gasteiger partial charge is 0.497 e. The van der Waals surface area contributed by atoms with Gasteiger partial charge in [0.15, 0.2) is 0 Å². The molecule has 0 saturated heterocycles. The second kappa shape index (κ2) is 9.22. The first-order valence-electron chi connectivity index (χ1n) is 8.06. The Balaban J connectivity index is 1.80. The van der Waals surface area contributed by atoms with Crippen molar-refractivity contribution < 1.29 is 14.3 Å². The summed E-state index contributed by atoms with van der Waals surface area (Å²) in [4.78, 5) is 25.8. The summed E-state index contributed by atoms with van der Waals surface area (Å²) in [5.74, 6) is 0.293. The van der Waals surface area contributed by atoms with Crippen LogP contribution >= 0.6 is 11.6 Å². The Bertz CT molecular complexity index is 778. The molecule has 0 aliphatic heterocycles. The summed E-state index contributed by atoms with van der Waals surface area (Å²) in [6.07, 6.45) is 0. The van der Waals surface area contributed by atoms with Crippen molar-refractivity contribution >= 4 is 34.8 Å². The van der Waals surface area contributed by atoms with Crippen molar-refractivity contribution in [2.24, 2.45) is 0 Å². The predicted octanol–water partition coefficient (Wildman–Crippen LogP) is 3.17.